The highest BCUT2D eigenvalue weighted by Crippen LogP contribution is 2.31. The van der Waals surface area contributed by atoms with E-state index in [0.717, 1.165) is 5.69 Å². The zero-order valence-corrected chi connectivity index (χ0v) is 15.1. The minimum atomic E-state index is -3.82. The Morgan fingerprint density at radius 2 is 2.00 bits per heavy atom. The molecule has 0 fully saturated rings. The molecule has 2 aromatic rings. The Labute approximate surface area is 139 Å². The lowest BCUT2D eigenvalue weighted by Gasteiger charge is -2.14. The number of nitrogens with one attached hydrogen (secondary N) is 1. The van der Waals surface area contributed by atoms with Crippen LogP contribution in [0.25, 0.3) is 0 Å². The fourth-order valence-corrected chi connectivity index (χ4v) is 4.32. The first-order valence-corrected chi connectivity index (χ1v) is 9.20. The molecule has 0 aliphatic heterocycles. The van der Waals surface area contributed by atoms with Crippen molar-refractivity contribution in [3.05, 3.63) is 34.3 Å². The van der Waals surface area contributed by atoms with Crippen molar-refractivity contribution in [1.82, 2.24) is 4.98 Å². The Bertz CT molecular complexity index is 780. The average Bonchev–Trinajstić information content (AvgIpc) is 2.86. The number of benzene rings is 1. The van der Waals surface area contributed by atoms with Gasteiger partial charge in [0, 0.05) is 15.8 Å². The summed E-state index contributed by atoms with van der Waals surface area (Å²) >= 11 is 7.13. The van der Waals surface area contributed by atoms with Crippen LogP contribution in [0.1, 0.15) is 26.5 Å². The van der Waals surface area contributed by atoms with E-state index in [-0.39, 0.29) is 16.1 Å². The lowest BCUT2D eigenvalue weighted by atomic mass is 9.93. The maximum absolute atomic E-state index is 12.5. The third-order valence-electron chi connectivity index (χ3n) is 2.91. The highest BCUT2D eigenvalue weighted by atomic mass is 35.5. The molecule has 1 aromatic heterocycles. The van der Waals surface area contributed by atoms with Crippen LogP contribution < -0.4 is 9.46 Å². The molecule has 22 heavy (non-hydrogen) atoms. The van der Waals surface area contributed by atoms with E-state index in [9.17, 15) is 8.42 Å². The van der Waals surface area contributed by atoms with E-state index in [1.165, 1.54) is 30.6 Å². The second kappa shape index (κ2) is 6.06. The molecule has 2 rings (SSSR count). The number of halogens is 1. The molecular weight excluding hydrogens is 344 g/mol. The van der Waals surface area contributed by atoms with E-state index < -0.39 is 10.0 Å². The third-order valence-corrected chi connectivity index (χ3v) is 5.39. The van der Waals surface area contributed by atoms with Gasteiger partial charge in [-0.1, -0.05) is 32.4 Å². The molecular formula is C14H17ClN2O3S2. The van der Waals surface area contributed by atoms with Gasteiger partial charge in [-0.05, 0) is 18.2 Å². The molecule has 0 radical (unpaired) electrons. The van der Waals surface area contributed by atoms with Crippen LogP contribution in [-0.4, -0.2) is 20.5 Å². The van der Waals surface area contributed by atoms with Crippen molar-refractivity contribution in [1.29, 1.82) is 0 Å². The van der Waals surface area contributed by atoms with Gasteiger partial charge in [-0.15, -0.1) is 11.3 Å². The molecule has 0 amide bonds. The predicted octanol–water partition coefficient (Wildman–Crippen LogP) is 3.90. The second-order valence-corrected chi connectivity index (χ2v) is 8.63. The Balaban J connectivity index is 2.36. The van der Waals surface area contributed by atoms with Gasteiger partial charge in [-0.3, -0.25) is 4.72 Å². The quantitative estimate of drug-likeness (QED) is 0.897. The van der Waals surface area contributed by atoms with E-state index in [1.807, 2.05) is 26.2 Å². The molecule has 0 spiro atoms. The molecule has 0 bridgehead atoms. The van der Waals surface area contributed by atoms with E-state index in [1.54, 1.807) is 6.07 Å². The largest absolute Gasteiger partial charge is 0.495 e. The summed E-state index contributed by atoms with van der Waals surface area (Å²) in [6.45, 7) is 6.04. The number of methoxy groups -OCH3 is 1. The van der Waals surface area contributed by atoms with Crippen LogP contribution in [0.4, 0.5) is 5.13 Å². The van der Waals surface area contributed by atoms with E-state index in [2.05, 4.69) is 9.71 Å². The van der Waals surface area contributed by atoms with Gasteiger partial charge in [0.15, 0.2) is 5.13 Å². The summed E-state index contributed by atoms with van der Waals surface area (Å²) in [4.78, 5) is 4.31. The van der Waals surface area contributed by atoms with Crippen molar-refractivity contribution in [3.8, 4) is 5.75 Å². The summed E-state index contributed by atoms with van der Waals surface area (Å²) in [5.41, 5.74) is 0.682. The minimum absolute atomic E-state index is 0.0185. The Morgan fingerprint density at radius 1 is 1.32 bits per heavy atom. The number of thiazole rings is 1. The highest BCUT2D eigenvalue weighted by molar-refractivity contribution is 7.93. The maximum atomic E-state index is 12.5. The monoisotopic (exact) mass is 360 g/mol. The first kappa shape index (κ1) is 17.1. The number of sulfonamides is 1. The normalized spacial score (nSPS) is 12.2. The highest BCUT2D eigenvalue weighted by Gasteiger charge is 2.23. The number of ether oxygens (including phenoxy) is 1. The van der Waals surface area contributed by atoms with Crippen molar-refractivity contribution in [2.75, 3.05) is 11.8 Å². The number of nitrogens with zero attached hydrogens (tertiary/aromatic N) is 1. The number of hydrogen-bond donors (Lipinski definition) is 1. The molecule has 1 N–H and O–H groups in total. The minimum Gasteiger partial charge on any atom is -0.495 e. The summed E-state index contributed by atoms with van der Waals surface area (Å²) in [6, 6.07) is 4.43. The number of rotatable bonds is 4. The lowest BCUT2D eigenvalue weighted by Crippen LogP contribution is -2.15. The van der Waals surface area contributed by atoms with Crippen LogP contribution in [0.15, 0.2) is 28.5 Å². The van der Waals surface area contributed by atoms with E-state index >= 15 is 0 Å². The van der Waals surface area contributed by atoms with Crippen LogP contribution in [-0.2, 0) is 15.4 Å². The standard InChI is InChI=1S/C14H17ClN2O3S2/c1-14(2,3)12-8-21-13(16-12)17-22(18,19)11-7-9(15)5-6-10(11)20-4/h5-8H,1-4H3,(H,16,17). The zero-order chi connectivity index (χ0) is 16.5. The molecule has 0 atom stereocenters. The van der Waals surface area contributed by atoms with Crippen LogP contribution in [0.3, 0.4) is 0 Å². The molecule has 120 valence electrons. The summed E-state index contributed by atoms with van der Waals surface area (Å²) in [5.74, 6) is 0.226. The third kappa shape index (κ3) is 3.71. The van der Waals surface area contributed by atoms with Crippen LogP contribution >= 0.6 is 22.9 Å². The van der Waals surface area contributed by atoms with Gasteiger partial charge in [-0.2, -0.15) is 0 Å². The molecule has 1 aromatic carbocycles. The molecule has 5 nitrogen and oxygen atoms in total. The first-order valence-electron chi connectivity index (χ1n) is 6.46. The molecule has 0 saturated heterocycles. The summed E-state index contributed by atoms with van der Waals surface area (Å²) in [6.07, 6.45) is 0. The molecule has 0 aliphatic rings. The maximum Gasteiger partial charge on any atom is 0.267 e. The number of anilines is 1. The van der Waals surface area contributed by atoms with Crippen molar-refractivity contribution in [3.63, 3.8) is 0 Å². The van der Waals surface area contributed by atoms with Gasteiger partial charge in [0.25, 0.3) is 10.0 Å². The Morgan fingerprint density at radius 3 is 2.55 bits per heavy atom. The van der Waals surface area contributed by atoms with E-state index in [0.29, 0.717) is 10.2 Å². The van der Waals surface area contributed by atoms with Gasteiger partial charge in [0.1, 0.15) is 10.6 Å². The first-order chi connectivity index (χ1) is 10.1. The SMILES string of the molecule is COc1ccc(Cl)cc1S(=O)(=O)Nc1nc(C(C)(C)C)cs1. The summed E-state index contributed by atoms with van der Waals surface area (Å²) < 4.78 is 32.6. The Hall–Kier alpha value is -1.31. The van der Waals surface area contributed by atoms with Crippen LogP contribution in [0, 0.1) is 0 Å². The molecule has 0 unspecified atom stereocenters. The van der Waals surface area contributed by atoms with Gasteiger partial charge in [0.05, 0.1) is 12.8 Å². The lowest BCUT2D eigenvalue weighted by molar-refractivity contribution is 0.403. The van der Waals surface area contributed by atoms with Gasteiger partial charge >= 0.3 is 0 Å². The topological polar surface area (TPSA) is 68.3 Å². The predicted molar refractivity (Wildman–Crippen MR) is 89.6 cm³/mol. The summed E-state index contributed by atoms with van der Waals surface area (Å²) in [7, 11) is -2.42. The van der Waals surface area contributed by atoms with Gasteiger partial charge < -0.3 is 4.74 Å². The van der Waals surface area contributed by atoms with Crippen molar-refractivity contribution >= 4 is 38.1 Å². The van der Waals surface area contributed by atoms with Gasteiger partial charge in [-0.25, -0.2) is 13.4 Å². The Kier molecular flexibility index (Phi) is 4.70. The molecule has 0 saturated carbocycles. The zero-order valence-electron chi connectivity index (χ0n) is 12.7. The van der Waals surface area contributed by atoms with E-state index in [4.69, 9.17) is 16.3 Å². The fraction of sp³-hybridized carbons (Fsp3) is 0.357. The van der Waals surface area contributed by atoms with Crippen LogP contribution in [0.2, 0.25) is 5.02 Å². The van der Waals surface area contributed by atoms with Crippen LogP contribution in [0.5, 0.6) is 5.75 Å². The average molecular weight is 361 g/mol. The molecule has 0 aliphatic carbocycles. The number of hydrogen-bond acceptors (Lipinski definition) is 5. The van der Waals surface area contributed by atoms with Crippen molar-refractivity contribution in [2.45, 2.75) is 31.1 Å². The second-order valence-electron chi connectivity index (χ2n) is 5.69. The van der Waals surface area contributed by atoms with Gasteiger partial charge in [0.2, 0.25) is 0 Å². The molecule has 8 heteroatoms. The number of aromatic nitrogens is 1. The van der Waals surface area contributed by atoms with Crippen molar-refractivity contribution < 1.29 is 13.2 Å². The fourth-order valence-electron chi connectivity index (χ4n) is 1.70. The smallest absolute Gasteiger partial charge is 0.267 e. The van der Waals surface area contributed by atoms with Crippen molar-refractivity contribution in [2.24, 2.45) is 0 Å². The summed E-state index contributed by atoms with van der Waals surface area (Å²) in [5, 5.41) is 2.47. The molecule has 1 heterocycles.